The summed E-state index contributed by atoms with van der Waals surface area (Å²) in [6.07, 6.45) is 2.90. The molecule has 0 aliphatic heterocycles. The van der Waals surface area contributed by atoms with Crippen LogP contribution in [-0.4, -0.2) is 16.9 Å². The van der Waals surface area contributed by atoms with Gasteiger partial charge in [-0.3, -0.25) is 0 Å². The second-order valence-corrected chi connectivity index (χ2v) is 6.67. The quantitative estimate of drug-likeness (QED) is 0.501. The Morgan fingerprint density at radius 2 is 1.30 bits per heavy atom. The molecule has 0 aliphatic rings. The zero-order chi connectivity index (χ0) is 15.9. The third-order valence-electron chi connectivity index (χ3n) is 4.15. The average Bonchev–Trinajstić information content (AvgIpc) is 2.30. The van der Waals surface area contributed by atoms with Crippen molar-refractivity contribution in [1.29, 1.82) is 0 Å². The molecule has 0 radical (unpaired) electrons. The summed E-state index contributed by atoms with van der Waals surface area (Å²) in [5.74, 6) is 0. The highest BCUT2D eigenvalue weighted by molar-refractivity contribution is 4.89. The van der Waals surface area contributed by atoms with E-state index in [0.29, 0.717) is 0 Å². The number of hydrogen-bond donors (Lipinski definition) is 1. The molecule has 1 nitrogen and oxygen atoms in total. The predicted octanol–water partition coefficient (Wildman–Crippen LogP) is 5.86. The summed E-state index contributed by atoms with van der Waals surface area (Å²) < 4.78 is 38.6. The fraction of sp³-hybridized carbons (Fsp3) is 1.00. The van der Waals surface area contributed by atoms with Gasteiger partial charge in [0.15, 0.2) is 5.60 Å². The maximum absolute atomic E-state index is 12.9. The Labute approximate surface area is 122 Å². The van der Waals surface area contributed by atoms with Crippen molar-refractivity contribution in [3.05, 3.63) is 0 Å². The van der Waals surface area contributed by atoms with Crippen LogP contribution in [0.3, 0.4) is 0 Å². The first kappa shape index (κ1) is 19.8. The summed E-state index contributed by atoms with van der Waals surface area (Å²) in [7, 11) is 0. The minimum Gasteiger partial charge on any atom is -0.381 e. The van der Waals surface area contributed by atoms with E-state index in [1.54, 1.807) is 0 Å². The Morgan fingerprint density at radius 3 is 1.75 bits per heavy atom. The Balaban J connectivity index is 4.68. The zero-order valence-corrected chi connectivity index (χ0v) is 13.4. The highest BCUT2D eigenvalue weighted by Gasteiger charge is 2.52. The Hall–Kier alpha value is -0.250. The molecule has 0 spiro atoms. The lowest BCUT2D eigenvalue weighted by Crippen LogP contribution is -2.46. The van der Waals surface area contributed by atoms with Crippen LogP contribution in [0.2, 0.25) is 0 Å². The van der Waals surface area contributed by atoms with E-state index in [-0.39, 0.29) is 6.42 Å². The molecular formula is C16H31F3O. The molecule has 0 aromatic rings. The standard InChI is InChI=1S/C16H31F3O/c1-5-7-9-10-12-14(3,11-8-6-2)13-15(4,20)16(17,18)19/h20H,5-13H2,1-4H3. The molecule has 0 saturated heterocycles. The van der Waals surface area contributed by atoms with Crippen molar-refractivity contribution in [3.63, 3.8) is 0 Å². The van der Waals surface area contributed by atoms with Crippen LogP contribution in [0.5, 0.6) is 0 Å². The zero-order valence-electron chi connectivity index (χ0n) is 13.4. The lowest BCUT2D eigenvalue weighted by atomic mass is 9.72. The summed E-state index contributed by atoms with van der Waals surface area (Å²) >= 11 is 0. The highest BCUT2D eigenvalue weighted by Crippen LogP contribution is 2.44. The van der Waals surface area contributed by atoms with Crippen LogP contribution in [0.25, 0.3) is 0 Å². The minimum absolute atomic E-state index is 0.199. The second-order valence-electron chi connectivity index (χ2n) is 6.67. The minimum atomic E-state index is -4.55. The van der Waals surface area contributed by atoms with Gasteiger partial charge in [-0.15, -0.1) is 0 Å². The van der Waals surface area contributed by atoms with Gasteiger partial charge in [-0.25, -0.2) is 0 Å². The van der Waals surface area contributed by atoms with E-state index >= 15 is 0 Å². The number of halogens is 3. The summed E-state index contributed by atoms with van der Waals surface area (Å²) in [5.41, 5.74) is -3.01. The summed E-state index contributed by atoms with van der Waals surface area (Å²) in [6.45, 7) is 6.96. The molecule has 20 heavy (non-hydrogen) atoms. The molecule has 2 unspecified atom stereocenters. The van der Waals surface area contributed by atoms with Crippen LogP contribution >= 0.6 is 0 Å². The number of alkyl halides is 3. The van der Waals surface area contributed by atoms with Crippen molar-refractivity contribution >= 4 is 0 Å². The van der Waals surface area contributed by atoms with Gasteiger partial charge < -0.3 is 5.11 Å². The molecule has 0 bridgehead atoms. The SMILES string of the molecule is CCCCCCC(C)(CCCC)CC(C)(O)C(F)(F)F. The number of unbranched alkanes of at least 4 members (excludes halogenated alkanes) is 4. The van der Waals surface area contributed by atoms with Gasteiger partial charge in [0.1, 0.15) is 0 Å². The largest absolute Gasteiger partial charge is 0.416 e. The van der Waals surface area contributed by atoms with Crippen LogP contribution in [-0.2, 0) is 0 Å². The lowest BCUT2D eigenvalue weighted by Gasteiger charge is -2.38. The van der Waals surface area contributed by atoms with E-state index < -0.39 is 17.2 Å². The molecular weight excluding hydrogens is 265 g/mol. The third kappa shape index (κ3) is 6.96. The summed E-state index contributed by atoms with van der Waals surface area (Å²) in [4.78, 5) is 0. The molecule has 1 N–H and O–H groups in total. The van der Waals surface area contributed by atoms with Gasteiger partial charge in [-0.05, 0) is 31.6 Å². The molecule has 0 rings (SSSR count). The van der Waals surface area contributed by atoms with Gasteiger partial charge in [0.2, 0.25) is 0 Å². The molecule has 4 heteroatoms. The van der Waals surface area contributed by atoms with E-state index in [4.69, 9.17) is 0 Å². The third-order valence-corrected chi connectivity index (χ3v) is 4.15. The Kier molecular flexibility index (Phi) is 8.15. The van der Waals surface area contributed by atoms with Gasteiger partial charge in [-0.1, -0.05) is 59.3 Å². The van der Waals surface area contributed by atoms with Gasteiger partial charge >= 0.3 is 6.18 Å². The predicted molar refractivity (Wildman–Crippen MR) is 77.7 cm³/mol. The van der Waals surface area contributed by atoms with Crippen molar-refractivity contribution < 1.29 is 18.3 Å². The first-order chi connectivity index (χ1) is 9.08. The van der Waals surface area contributed by atoms with Crippen LogP contribution in [0.15, 0.2) is 0 Å². The fourth-order valence-electron chi connectivity index (χ4n) is 2.82. The highest BCUT2D eigenvalue weighted by atomic mass is 19.4. The molecule has 2 atom stereocenters. The van der Waals surface area contributed by atoms with Gasteiger partial charge in [0.25, 0.3) is 0 Å². The number of hydrogen-bond acceptors (Lipinski definition) is 1. The Morgan fingerprint density at radius 1 is 0.800 bits per heavy atom. The second kappa shape index (κ2) is 8.26. The van der Waals surface area contributed by atoms with Gasteiger partial charge in [0.05, 0.1) is 0 Å². The van der Waals surface area contributed by atoms with Gasteiger partial charge in [-0.2, -0.15) is 13.2 Å². The van der Waals surface area contributed by atoms with Crippen LogP contribution < -0.4 is 0 Å². The Bertz CT molecular complexity index is 261. The van der Waals surface area contributed by atoms with Crippen LogP contribution in [0.1, 0.15) is 85.5 Å². The maximum atomic E-state index is 12.9. The molecule has 0 aromatic heterocycles. The molecule has 122 valence electrons. The van der Waals surface area contributed by atoms with Crippen molar-refractivity contribution in [1.82, 2.24) is 0 Å². The topological polar surface area (TPSA) is 20.2 Å². The van der Waals surface area contributed by atoms with Crippen molar-refractivity contribution in [2.45, 2.75) is 97.3 Å². The first-order valence-corrected chi connectivity index (χ1v) is 7.87. The molecule has 0 saturated carbocycles. The van der Waals surface area contributed by atoms with E-state index in [1.807, 2.05) is 13.8 Å². The maximum Gasteiger partial charge on any atom is 0.416 e. The lowest BCUT2D eigenvalue weighted by molar-refractivity contribution is -0.263. The summed E-state index contributed by atoms with van der Waals surface area (Å²) in [5, 5.41) is 9.76. The van der Waals surface area contributed by atoms with E-state index in [9.17, 15) is 18.3 Å². The van der Waals surface area contributed by atoms with E-state index in [1.165, 1.54) is 0 Å². The monoisotopic (exact) mass is 296 g/mol. The molecule has 0 amide bonds. The summed E-state index contributed by atoms with van der Waals surface area (Å²) in [6, 6.07) is 0. The van der Waals surface area contributed by atoms with Crippen LogP contribution in [0.4, 0.5) is 13.2 Å². The normalized spacial score (nSPS) is 18.6. The molecule has 0 fully saturated rings. The first-order valence-electron chi connectivity index (χ1n) is 7.87. The average molecular weight is 296 g/mol. The smallest absolute Gasteiger partial charge is 0.381 e. The van der Waals surface area contributed by atoms with Crippen molar-refractivity contribution in [2.24, 2.45) is 5.41 Å². The van der Waals surface area contributed by atoms with Crippen molar-refractivity contribution in [3.8, 4) is 0 Å². The molecule has 0 aliphatic carbocycles. The molecule has 0 heterocycles. The van der Waals surface area contributed by atoms with Crippen LogP contribution in [0, 0.1) is 5.41 Å². The molecule has 0 aromatic carbocycles. The van der Waals surface area contributed by atoms with Crippen molar-refractivity contribution in [2.75, 3.05) is 0 Å². The number of rotatable bonds is 10. The van der Waals surface area contributed by atoms with E-state index in [0.717, 1.165) is 58.3 Å². The fourth-order valence-corrected chi connectivity index (χ4v) is 2.82. The number of aliphatic hydroxyl groups is 1. The van der Waals surface area contributed by atoms with Gasteiger partial charge in [0, 0.05) is 0 Å². The van der Waals surface area contributed by atoms with E-state index in [2.05, 4.69) is 6.92 Å².